The van der Waals surface area contributed by atoms with E-state index in [4.69, 9.17) is 4.98 Å². The monoisotopic (exact) mass is 615 g/mol. The highest BCUT2D eigenvalue weighted by atomic mass is 19.1. The molecular formula is C33H42FN9O2. The van der Waals surface area contributed by atoms with Gasteiger partial charge in [0.25, 0.3) is 5.91 Å². The van der Waals surface area contributed by atoms with Gasteiger partial charge >= 0.3 is 0 Å². The standard InChI is InChI=1S/C33H42FN9O2/c1-39-15-17-42(18-16-39)23-10-13-41(14-11-23)25-5-8-29-28(19-25)37-33(43(29)24-3-6-26(44)7-4-24)38-32(45)27-9-12-35-31(30(27)34)22-20-36-40(2)21-22/h5,8-9,12,19-21,23-24,26,44H,3-4,6-7,10-11,13-18H2,1-2H3,(H,37,38,45)/t24-,26+. The highest BCUT2D eigenvalue weighted by molar-refractivity contribution is 6.05. The smallest absolute Gasteiger partial charge is 0.261 e. The van der Waals surface area contributed by atoms with E-state index in [2.05, 4.69) is 59.9 Å². The number of fused-ring (bicyclic) bond motifs is 1. The van der Waals surface area contributed by atoms with Crippen LogP contribution >= 0.6 is 0 Å². The highest BCUT2D eigenvalue weighted by Gasteiger charge is 2.29. The average Bonchev–Trinajstić information content (AvgIpc) is 3.64. The Kier molecular flexibility index (Phi) is 8.28. The number of hydrogen-bond donors (Lipinski definition) is 2. The number of hydrogen-bond acceptors (Lipinski definition) is 8. The van der Waals surface area contributed by atoms with E-state index in [1.807, 2.05) is 0 Å². The number of piperazine rings is 1. The minimum absolute atomic E-state index is 0.0622. The fourth-order valence-electron chi connectivity index (χ4n) is 7.27. The van der Waals surface area contributed by atoms with Crippen molar-refractivity contribution < 1.29 is 14.3 Å². The van der Waals surface area contributed by atoms with E-state index in [0.29, 0.717) is 30.4 Å². The van der Waals surface area contributed by atoms with Crippen molar-refractivity contribution in [2.75, 3.05) is 56.5 Å². The van der Waals surface area contributed by atoms with E-state index in [1.54, 1.807) is 17.9 Å². The molecule has 238 valence electrons. The summed E-state index contributed by atoms with van der Waals surface area (Å²) in [5.74, 6) is -0.895. The molecule has 0 spiro atoms. The fraction of sp³-hybridized carbons (Fsp3) is 0.515. The van der Waals surface area contributed by atoms with Gasteiger partial charge in [-0.2, -0.15) is 5.10 Å². The lowest BCUT2D eigenvalue weighted by Gasteiger charge is -2.42. The largest absolute Gasteiger partial charge is 0.393 e. The zero-order chi connectivity index (χ0) is 31.1. The summed E-state index contributed by atoms with van der Waals surface area (Å²) in [4.78, 5) is 30.2. The Morgan fingerprint density at radius 2 is 1.71 bits per heavy atom. The summed E-state index contributed by atoms with van der Waals surface area (Å²) in [5, 5.41) is 17.2. The van der Waals surface area contributed by atoms with Gasteiger partial charge in [0.05, 0.1) is 28.9 Å². The molecule has 3 aliphatic rings. The van der Waals surface area contributed by atoms with E-state index in [9.17, 15) is 9.90 Å². The molecule has 7 rings (SSSR count). The summed E-state index contributed by atoms with van der Waals surface area (Å²) in [7, 11) is 3.94. The van der Waals surface area contributed by atoms with Gasteiger partial charge in [-0.25, -0.2) is 9.37 Å². The highest BCUT2D eigenvalue weighted by Crippen LogP contribution is 2.36. The van der Waals surface area contributed by atoms with E-state index >= 15 is 4.39 Å². The number of aromatic nitrogens is 5. The van der Waals surface area contributed by atoms with Crippen LogP contribution in [0.3, 0.4) is 0 Å². The topological polar surface area (TPSA) is 108 Å². The van der Waals surface area contributed by atoms with Crippen LogP contribution < -0.4 is 10.2 Å². The molecule has 1 amide bonds. The van der Waals surface area contributed by atoms with Crippen LogP contribution in [-0.4, -0.2) is 104 Å². The normalized spacial score (nSPS) is 22.3. The van der Waals surface area contributed by atoms with E-state index in [-0.39, 0.29) is 23.4 Å². The number of benzene rings is 1. The molecule has 12 heteroatoms. The van der Waals surface area contributed by atoms with Gasteiger partial charge in [0.15, 0.2) is 5.82 Å². The van der Waals surface area contributed by atoms with E-state index < -0.39 is 11.7 Å². The molecule has 0 unspecified atom stereocenters. The zero-order valence-corrected chi connectivity index (χ0v) is 26.1. The molecule has 1 aliphatic carbocycles. The third-order valence-corrected chi connectivity index (χ3v) is 9.93. The summed E-state index contributed by atoms with van der Waals surface area (Å²) >= 11 is 0. The van der Waals surface area contributed by atoms with Crippen molar-refractivity contribution in [3.63, 3.8) is 0 Å². The molecule has 5 heterocycles. The summed E-state index contributed by atoms with van der Waals surface area (Å²) < 4.78 is 19.3. The third-order valence-electron chi connectivity index (χ3n) is 9.93. The lowest BCUT2D eigenvalue weighted by molar-refractivity contribution is 0.0982. The van der Waals surface area contributed by atoms with Crippen molar-refractivity contribution in [3.8, 4) is 11.3 Å². The fourth-order valence-corrected chi connectivity index (χ4v) is 7.27. The van der Waals surface area contributed by atoms with Gasteiger partial charge in [0.1, 0.15) is 5.69 Å². The van der Waals surface area contributed by atoms with Crippen LogP contribution in [-0.2, 0) is 7.05 Å². The molecule has 11 nitrogen and oxygen atoms in total. The molecule has 2 aliphatic heterocycles. The van der Waals surface area contributed by atoms with Gasteiger partial charge < -0.3 is 19.5 Å². The minimum Gasteiger partial charge on any atom is -0.393 e. The van der Waals surface area contributed by atoms with Gasteiger partial charge in [0.2, 0.25) is 5.95 Å². The minimum atomic E-state index is -0.700. The second kappa shape index (κ2) is 12.5. The van der Waals surface area contributed by atoms with Crippen LogP contribution in [0, 0.1) is 5.82 Å². The van der Waals surface area contributed by atoms with Gasteiger partial charge in [-0.1, -0.05) is 0 Å². The first-order valence-corrected chi connectivity index (χ1v) is 16.2. The van der Waals surface area contributed by atoms with E-state index in [0.717, 1.165) is 81.7 Å². The predicted octanol–water partition coefficient (Wildman–Crippen LogP) is 3.92. The summed E-state index contributed by atoms with van der Waals surface area (Å²) in [6, 6.07) is 8.45. The summed E-state index contributed by atoms with van der Waals surface area (Å²) in [5.41, 5.74) is 3.31. The number of piperidine rings is 1. The number of aliphatic hydroxyl groups excluding tert-OH is 1. The molecule has 4 aromatic rings. The number of anilines is 2. The molecule has 3 fully saturated rings. The Labute approximate surface area is 262 Å². The number of carbonyl (C=O) groups excluding carboxylic acids is 1. The Morgan fingerprint density at radius 3 is 2.42 bits per heavy atom. The summed E-state index contributed by atoms with van der Waals surface area (Å²) in [6.07, 6.45) is 9.50. The number of halogens is 1. The maximum absolute atomic E-state index is 15.6. The average molecular weight is 616 g/mol. The maximum atomic E-state index is 15.6. The Balaban J connectivity index is 1.15. The molecule has 2 saturated heterocycles. The number of nitrogens with one attached hydrogen (secondary N) is 1. The molecule has 0 radical (unpaired) electrons. The van der Waals surface area contributed by atoms with E-state index in [1.165, 1.54) is 18.5 Å². The van der Waals surface area contributed by atoms with Crippen molar-refractivity contribution in [1.29, 1.82) is 0 Å². The predicted molar refractivity (Wildman–Crippen MR) is 172 cm³/mol. The van der Waals surface area contributed by atoms with Crippen LogP contribution in [0.2, 0.25) is 0 Å². The Hall–Kier alpha value is -3.87. The number of carbonyl (C=O) groups is 1. The first kappa shape index (κ1) is 29.8. The van der Waals surface area contributed by atoms with Gasteiger partial charge in [0, 0.05) is 82.0 Å². The van der Waals surface area contributed by atoms with Gasteiger partial charge in [-0.05, 0) is 69.8 Å². The van der Waals surface area contributed by atoms with Crippen molar-refractivity contribution in [1.82, 2.24) is 34.1 Å². The number of aliphatic hydroxyl groups is 1. The van der Waals surface area contributed by atoms with Crippen molar-refractivity contribution in [2.45, 2.75) is 56.7 Å². The molecular weight excluding hydrogens is 573 g/mol. The van der Waals surface area contributed by atoms with Crippen LogP contribution in [0.25, 0.3) is 22.3 Å². The second-order valence-electron chi connectivity index (χ2n) is 12.9. The number of pyridine rings is 1. The lowest BCUT2D eigenvalue weighted by atomic mass is 9.93. The summed E-state index contributed by atoms with van der Waals surface area (Å²) in [6.45, 7) is 6.55. The number of likely N-dealkylation sites (N-methyl/N-ethyl adjacent to an activating group) is 1. The number of amides is 1. The molecule has 0 atom stereocenters. The maximum Gasteiger partial charge on any atom is 0.261 e. The Bertz CT molecular complexity index is 1660. The first-order valence-electron chi connectivity index (χ1n) is 16.2. The number of imidazole rings is 1. The molecule has 1 saturated carbocycles. The Morgan fingerprint density at radius 1 is 0.956 bits per heavy atom. The van der Waals surface area contributed by atoms with Gasteiger partial charge in [-0.3, -0.25) is 24.7 Å². The van der Waals surface area contributed by atoms with Crippen LogP contribution in [0.1, 0.15) is 54.9 Å². The van der Waals surface area contributed by atoms with Crippen LogP contribution in [0.4, 0.5) is 16.0 Å². The molecule has 2 N–H and O–H groups in total. The third kappa shape index (κ3) is 6.06. The molecule has 1 aromatic carbocycles. The molecule has 3 aromatic heterocycles. The second-order valence-corrected chi connectivity index (χ2v) is 12.9. The van der Waals surface area contributed by atoms with Crippen LogP contribution in [0.15, 0.2) is 42.9 Å². The van der Waals surface area contributed by atoms with Gasteiger partial charge in [-0.15, -0.1) is 0 Å². The van der Waals surface area contributed by atoms with Crippen molar-refractivity contribution >= 4 is 28.6 Å². The molecule has 45 heavy (non-hydrogen) atoms. The van der Waals surface area contributed by atoms with Crippen LogP contribution in [0.5, 0.6) is 0 Å². The number of rotatable bonds is 6. The quantitative estimate of drug-likeness (QED) is 0.336. The first-order chi connectivity index (χ1) is 21.8. The number of aryl methyl sites for hydroxylation is 1. The van der Waals surface area contributed by atoms with Crippen molar-refractivity contribution in [2.24, 2.45) is 7.05 Å². The lowest BCUT2D eigenvalue weighted by Crippen LogP contribution is -2.52. The van der Waals surface area contributed by atoms with Crippen molar-refractivity contribution in [3.05, 3.63) is 54.2 Å². The molecule has 0 bridgehead atoms. The SMILES string of the molecule is CN1CCN(C2CCN(c3ccc4c(c3)nc(NC(=O)c3ccnc(-c5cnn(C)c5)c3F)n4[C@H]3CC[C@@H](O)CC3)CC2)CC1. The zero-order valence-electron chi connectivity index (χ0n) is 26.1. The number of nitrogens with zero attached hydrogens (tertiary/aromatic N) is 8.